The molecule has 0 saturated heterocycles. The summed E-state index contributed by atoms with van der Waals surface area (Å²) in [6.07, 6.45) is 0.311. The van der Waals surface area contributed by atoms with E-state index >= 15 is 0 Å². The average Bonchev–Trinajstić information content (AvgIpc) is 2.17. The second kappa shape index (κ2) is 6.11. The molecule has 15 heavy (non-hydrogen) atoms. The SMILES string of the molecule is CNCC(OC(C)C)c1ccc(Cl)cc1. The number of hydrogen-bond donors (Lipinski definition) is 1. The lowest BCUT2D eigenvalue weighted by Crippen LogP contribution is -2.22. The molecule has 0 amide bonds. The molecular weight excluding hydrogens is 210 g/mol. The fourth-order valence-corrected chi connectivity index (χ4v) is 1.56. The van der Waals surface area contributed by atoms with Crippen LogP contribution in [0.25, 0.3) is 0 Å². The van der Waals surface area contributed by atoms with Crippen LogP contribution in [0.3, 0.4) is 0 Å². The van der Waals surface area contributed by atoms with Crippen LogP contribution in [0.1, 0.15) is 25.5 Å². The van der Waals surface area contributed by atoms with Gasteiger partial charge in [0, 0.05) is 11.6 Å². The zero-order valence-electron chi connectivity index (χ0n) is 9.46. The van der Waals surface area contributed by atoms with Crippen molar-refractivity contribution in [3.63, 3.8) is 0 Å². The van der Waals surface area contributed by atoms with Gasteiger partial charge in [0.15, 0.2) is 0 Å². The Morgan fingerprint density at radius 2 is 1.87 bits per heavy atom. The van der Waals surface area contributed by atoms with Gasteiger partial charge < -0.3 is 10.1 Å². The molecule has 0 heterocycles. The molecule has 0 fully saturated rings. The molecule has 0 aromatic heterocycles. The number of rotatable bonds is 5. The maximum absolute atomic E-state index is 5.84. The number of ether oxygens (including phenoxy) is 1. The fourth-order valence-electron chi connectivity index (χ4n) is 1.44. The van der Waals surface area contributed by atoms with E-state index in [1.165, 1.54) is 0 Å². The van der Waals surface area contributed by atoms with E-state index in [1.54, 1.807) is 0 Å². The molecule has 1 rings (SSSR count). The maximum atomic E-state index is 5.84. The van der Waals surface area contributed by atoms with Gasteiger partial charge in [-0.3, -0.25) is 0 Å². The van der Waals surface area contributed by atoms with Gasteiger partial charge in [-0.15, -0.1) is 0 Å². The van der Waals surface area contributed by atoms with Crippen LogP contribution in [0.4, 0.5) is 0 Å². The van der Waals surface area contributed by atoms with E-state index < -0.39 is 0 Å². The van der Waals surface area contributed by atoms with Crippen LogP contribution in [-0.2, 0) is 4.74 Å². The van der Waals surface area contributed by atoms with Gasteiger partial charge in [-0.25, -0.2) is 0 Å². The Morgan fingerprint density at radius 1 is 1.27 bits per heavy atom. The van der Waals surface area contributed by atoms with Crippen molar-refractivity contribution >= 4 is 11.6 Å². The molecule has 0 aliphatic heterocycles. The molecule has 1 aromatic rings. The predicted molar refractivity (Wildman–Crippen MR) is 64.3 cm³/mol. The number of halogens is 1. The van der Waals surface area contributed by atoms with Gasteiger partial charge in [0.2, 0.25) is 0 Å². The summed E-state index contributed by atoms with van der Waals surface area (Å²) in [5, 5.41) is 3.88. The number of benzene rings is 1. The normalized spacial score (nSPS) is 13.1. The van der Waals surface area contributed by atoms with E-state index in [0.717, 1.165) is 17.1 Å². The van der Waals surface area contributed by atoms with E-state index in [0.29, 0.717) is 0 Å². The molecule has 0 radical (unpaired) electrons. The highest BCUT2D eigenvalue weighted by molar-refractivity contribution is 6.30. The van der Waals surface area contributed by atoms with Crippen molar-refractivity contribution < 1.29 is 4.74 Å². The Bertz CT molecular complexity index is 284. The van der Waals surface area contributed by atoms with Crippen LogP contribution in [-0.4, -0.2) is 19.7 Å². The van der Waals surface area contributed by atoms with Crippen LogP contribution < -0.4 is 5.32 Å². The summed E-state index contributed by atoms with van der Waals surface area (Å²) in [6.45, 7) is 4.89. The summed E-state index contributed by atoms with van der Waals surface area (Å²) in [5.41, 5.74) is 1.16. The number of nitrogens with one attached hydrogen (secondary N) is 1. The van der Waals surface area contributed by atoms with Gasteiger partial charge in [0.25, 0.3) is 0 Å². The first kappa shape index (κ1) is 12.5. The van der Waals surface area contributed by atoms with Crippen LogP contribution in [0, 0.1) is 0 Å². The van der Waals surface area contributed by atoms with E-state index in [1.807, 2.05) is 45.2 Å². The van der Waals surface area contributed by atoms with Crippen LogP contribution in [0.2, 0.25) is 5.02 Å². The molecule has 84 valence electrons. The molecule has 0 saturated carbocycles. The Balaban J connectivity index is 2.74. The topological polar surface area (TPSA) is 21.3 Å². The molecular formula is C12H18ClNO. The highest BCUT2D eigenvalue weighted by atomic mass is 35.5. The summed E-state index contributed by atoms with van der Waals surface area (Å²) in [5.74, 6) is 0. The molecule has 1 aromatic carbocycles. The minimum atomic E-state index is 0.0901. The van der Waals surface area contributed by atoms with Crippen molar-refractivity contribution in [2.75, 3.05) is 13.6 Å². The minimum Gasteiger partial charge on any atom is -0.370 e. The van der Waals surface area contributed by atoms with Gasteiger partial charge in [-0.1, -0.05) is 23.7 Å². The van der Waals surface area contributed by atoms with Crippen LogP contribution in [0.15, 0.2) is 24.3 Å². The van der Waals surface area contributed by atoms with Crippen molar-refractivity contribution in [2.45, 2.75) is 26.1 Å². The van der Waals surface area contributed by atoms with Crippen molar-refractivity contribution in [2.24, 2.45) is 0 Å². The third-order valence-electron chi connectivity index (χ3n) is 2.07. The Kier molecular flexibility index (Phi) is 5.09. The zero-order valence-corrected chi connectivity index (χ0v) is 10.2. The van der Waals surface area contributed by atoms with Crippen molar-refractivity contribution in [3.8, 4) is 0 Å². The zero-order chi connectivity index (χ0) is 11.3. The lowest BCUT2D eigenvalue weighted by atomic mass is 10.1. The quantitative estimate of drug-likeness (QED) is 0.835. The lowest BCUT2D eigenvalue weighted by Gasteiger charge is -2.20. The third-order valence-corrected chi connectivity index (χ3v) is 2.32. The van der Waals surface area contributed by atoms with Crippen LogP contribution >= 0.6 is 11.6 Å². The molecule has 0 bridgehead atoms. The molecule has 0 aliphatic carbocycles. The molecule has 1 N–H and O–H groups in total. The highest BCUT2D eigenvalue weighted by Gasteiger charge is 2.12. The summed E-state index contributed by atoms with van der Waals surface area (Å²) in [7, 11) is 1.92. The summed E-state index contributed by atoms with van der Waals surface area (Å²) < 4.78 is 5.81. The molecule has 0 spiro atoms. The largest absolute Gasteiger partial charge is 0.370 e. The van der Waals surface area contributed by atoms with E-state index in [-0.39, 0.29) is 12.2 Å². The van der Waals surface area contributed by atoms with Crippen LogP contribution in [0.5, 0.6) is 0 Å². The third kappa shape index (κ3) is 4.20. The first-order valence-corrected chi connectivity index (χ1v) is 5.56. The second-order valence-corrected chi connectivity index (χ2v) is 4.22. The second-order valence-electron chi connectivity index (χ2n) is 3.78. The molecule has 1 unspecified atom stereocenters. The van der Waals surface area contributed by atoms with Gasteiger partial charge in [0.1, 0.15) is 0 Å². The van der Waals surface area contributed by atoms with E-state index in [9.17, 15) is 0 Å². The number of hydrogen-bond acceptors (Lipinski definition) is 2. The predicted octanol–water partition coefficient (Wildman–Crippen LogP) is 3.03. The van der Waals surface area contributed by atoms with Crippen molar-refractivity contribution in [1.29, 1.82) is 0 Å². The Morgan fingerprint density at radius 3 is 2.33 bits per heavy atom. The average molecular weight is 228 g/mol. The monoisotopic (exact) mass is 227 g/mol. The maximum Gasteiger partial charge on any atom is 0.0952 e. The summed E-state index contributed by atoms with van der Waals surface area (Å²) in [4.78, 5) is 0. The van der Waals surface area contributed by atoms with Gasteiger partial charge >= 0.3 is 0 Å². The lowest BCUT2D eigenvalue weighted by molar-refractivity contribution is 0.00814. The molecule has 0 aliphatic rings. The molecule has 2 nitrogen and oxygen atoms in total. The smallest absolute Gasteiger partial charge is 0.0952 e. The first-order valence-electron chi connectivity index (χ1n) is 5.19. The highest BCUT2D eigenvalue weighted by Crippen LogP contribution is 2.20. The number of likely N-dealkylation sites (N-methyl/N-ethyl adjacent to an activating group) is 1. The molecule has 3 heteroatoms. The van der Waals surface area contributed by atoms with Gasteiger partial charge in [-0.05, 0) is 38.6 Å². The van der Waals surface area contributed by atoms with Gasteiger partial charge in [0.05, 0.1) is 12.2 Å². The Labute approximate surface area is 96.6 Å². The van der Waals surface area contributed by atoms with E-state index in [2.05, 4.69) is 5.32 Å². The van der Waals surface area contributed by atoms with Crippen molar-refractivity contribution in [1.82, 2.24) is 5.32 Å². The summed E-state index contributed by atoms with van der Waals surface area (Å²) >= 11 is 5.84. The van der Waals surface area contributed by atoms with Crippen molar-refractivity contribution in [3.05, 3.63) is 34.9 Å². The fraction of sp³-hybridized carbons (Fsp3) is 0.500. The minimum absolute atomic E-state index is 0.0901. The van der Waals surface area contributed by atoms with Gasteiger partial charge in [-0.2, -0.15) is 0 Å². The standard InChI is InChI=1S/C12H18ClNO/c1-9(2)15-12(8-14-3)10-4-6-11(13)7-5-10/h4-7,9,12,14H,8H2,1-3H3. The molecule has 1 atom stereocenters. The first-order chi connectivity index (χ1) is 7.13. The van der Waals surface area contributed by atoms with E-state index in [4.69, 9.17) is 16.3 Å². The Hall–Kier alpha value is -0.570. The summed E-state index contributed by atoms with van der Waals surface area (Å²) in [6, 6.07) is 7.80.